The topological polar surface area (TPSA) is 75.6 Å². The number of aliphatic carboxylic acids is 1. The van der Waals surface area contributed by atoms with Gasteiger partial charge >= 0.3 is 11.9 Å². The molecule has 14 heavy (non-hydrogen) atoms. The smallest absolute Gasteiger partial charge is 0.435 e. The van der Waals surface area contributed by atoms with Gasteiger partial charge in [-0.1, -0.05) is 30.3 Å². The maximum absolute atomic E-state index is 10.4. The average molecular weight is 195 g/mol. The number of carbonyl (C=O) groups excluding carboxylic acids is 1. The molecule has 0 radical (unpaired) electrons. The Morgan fingerprint density at radius 1 is 1.29 bits per heavy atom. The molecule has 1 rings (SSSR count). The summed E-state index contributed by atoms with van der Waals surface area (Å²) >= 11 is 0. The highest BCUT2D eigenvalue weighted by Crippen LogP contribution is 1.96. The van der Waals surface area contributed by atoms with Crippen LogP contribution in [-0.2, 0) is 21.0 Å². The van der Waals surface area contributed by atoms with Crippen LogP contribution in [0.3, 0.4) is 0 Å². The third-order valence-electron chi connectivity index (χ3n) is 1.46. The monoisotopic (exact) mass is 195 g/mol. The van der Waals surface area contributed by atoms with E-state index < -0.39 is 11.9 Å². The van der Waals surface area contributed by atoms with Gasteiger partial charge in [-0.15, -0.1) is 5.48 Å². The standard InChI is InChI=1S/C9H9NO4/c11-8(12)9(13)14-10-6-7-4-2-1-3-5-7/h1-5,10H,6H2,(H,11,12). The molecular formula is C9H9NO4. The summed E-state index contributed by atoms with van der Waals surface area (Å²) in [6.45, 7) is 0.278. The molecule has 0 bridgehead atoms. The van der Waals surface area contributed by atoms with Crippen LogP contribution in [0.25, 0.3) is 0 Å². The van der Waals surface area contributed by atoms with Crippen molar-refractivity contribution >= 4 is 11.9 Å². The van der Waals surface area contributed by atoms with Crippen molar-refractivity contribution in [2.45, 2.75) is 6.54 Å². The van der Waals surface area contributed by atoms with Gasteiger partial charge in [-0.05, 0) is 5.56 Å². The van der Waals surface area contributed by atoms with E-state index in [0.29, 0.717) is 0 Å². The van der Waals surface area contributed by atoms with Gasteiger partial charge in [-0.25, -0.2) is 9.59 Å². The van der Waals surface area contributed by atoms with Crippen LogP contribution in [0.2, 0.25) is 0 Å². The zero-order chi connectivity index (χ0) is 10.4. The van der Waals surface area contributed by atoms with Gasteiger partial charge in [0.2, 0.25) is 0 Å². The lowest BCUT2D eigenvalue weighted by Crippen LogP contribution is -2.25. The average Bonchev–Trinajstić information content (AvgIpc) is 2.19. The molecule has 1 aromatic carbocycles. The van der Waals surface area contributed by atoms with E-state index in [1.54, 1.807) is 0 Å². The molecule has 0 aliphatic heterocycles. The van der Waals surface area contributed by atoms with Crippen molar-refractivity contribution in [2.24, 2.45) is 0 Å². The van der Waals surface area contributed by atoms with Gasteiger partial charge in [0.1, 0.15) is 0 Å². The molecule has 0 spiro atoms. The fourth-order valence-electron chi connectivity index (χ4n) is 0.824. The Balaban J connectivity index is 2.29. The minimum atomic E-state index is -1.62. The van der Waals surface area contributed by atoms with Crippen LogP contribution >= 0.6 is 0 Å². The molecule has 1 aromatic rings. The zero-order valence-electron chi connectivity index (χ0n) is 7.27. The Bertz CT molecular complexity index is 323. The first-order valence-corrected chi connectivity index (χ1v) is 3.91. The summed E-state index contributed by atoms with van der Waals surface area (Å²) < 4.78 is 0. The van der Waals surface area contributed by atoms with E-state index in [9.17, 15) is 9.59 Å². The lowest BCUT2D eigenvalue weighted by Gasteiger charge is -2.02. The number of nitrogens with one attached hydrogen (secondary N) is 1. The first-order chi connectivity index (χ1) is 6.70. The number of carboxylic acids is 1. The maximum Gasteiger partial charge on any atom is 0.435 e. The zero-order valence-corrected chi connectivity index (χ0v) is 7.27. The normalized spacial score (nSPS) is 9.43. The lowest BCUT2D eigenvalue weighted by molar-refractivity contribution is -0.169. The van der Waals surface area contributed by atoms with Gasteiger partial charge < -0.3 is 9.94 Å². The summed E-state index contributed by atoms with van der Waals surface area (Å²) in [7, 11) is 0. The number of carbonyl (C=O) groups is 2. The molecule has 0 saturated heterocycles. The van der Waals surface area contributed by atoms with Gasteiger partial charge in [0.25, 0.3) is 0 Å². The second kappa shape index (κ2) is 4.98. The number of carboxylic acid groups (broad SMARTS) is 1. The van der Waals surface area contributed by atoms with Crippen LogP contribution in [0.4, 0.5) is 0 Å². The van der Waals surface area contributed by atoms with Crippen LogP contribution < -0.4 is 5.48 Å². The molecule has 0 aromatic heterocycles. The molecule has 0 atom stereocenters. The lowest BCUT2D eigenvalue weighted by atomic mass is 10.2. The molecule has 0 aliphatic carbocycles. The summed E-state index contributed by atoms with van der Waals surface area (Å²) in [5.41, 5.74) is 3.15. The Morgan fingerprint density at radius 2 is 1.93 bits per heavy atom. The second-order valence-electron chi connectivity index (χ2n) is 2.50. The summed E-state index contributed by atoms with van der Waals surface area (Å²) in [6.07, 6.45) is 0. The number of hydroxylamine groups is 1. The van der Waals surface area contributed by atoms with Gasteiger partial charge in [0.05, 0.1) is 6.54 Å². The Morgan fingerprint density at radius 3 is 2.50 bits per heavy atom. The third-order valence-corrected chi connectivity index (χ3v) is 1.46. The second-order valence-corrected chi connectivity index (χ2v) is 2.50. The van der Waals surface area contributed by atoms with Crippen LogP contribution in [-0.4, -0.2) is 17.0 Å². The van der Waals surface area contributed by atoms with Crippen LogP contribution in [0.15, 0.2) is 30.3 Å². The molecule has 74 valence electrons. The quantitative estimate of drug-likeness (QED) is 0.536. The highest BCUT2D eigenvalue weighted by molar-refractivity contribution is 6.28. The summed E-state index contributed by atoms with van der Waals surface area (Å²) in [5.74, 6) is -2.94. The molecule has 2 N–H and O–H groups in total. The molecule has 0 heterocycles. The van der Waals surface area contributed by atoms with Gasteiger partial charge in [0.15, 0.2) is 0 Å². The van der Waals surface area contributed by atoms with Crippen LogP contribution in [0.5, 0.6) is 0 Å². The minimum absolute atomic E-state index is 0.278. The van der Waals surface area contributed by atoms with Crippen molar-refractivity contribution in [1.29, 1.82) is 0 Å². The highest BCUT2D eigenvalue weighted by Gasteiger charge is 2.12. The van der Waals surface area contributed by atoms with Gasteiger partial charge in [0, 0.05) is 0 Å². The minimum Gasteiger partial charge on any atom is -0.473 e. The molecule has 5 nitrogen and oxygen atoms in total. The fraction of sp³-hybridized carbons (Fsp3) is 0.111. The Hall–Kier alpha value is -1.88. The number of rotatable bonds is 3. The van der Waals surface area contributed by atoms with E-state index >= 15 is 0 Å². The number of hydrogen-bond acceptors (Lipinski definition) is 4. The van der Waals surface area contributed by atoms with Crippen molar-refractivity contribution in [1.82, 2.24) is 5.48 Å². The summed E-state index contributed by atoms with van der Waals surface area (Å²) in [4.78, 5) is 24.7. The largest absolute Gasteiger partial charge is 0.473 e. The van der Waals surface area contributed by atoms with Crippen molar-refractivity contribution < 1.29 is 19.5 Å². The summed E-state index contributed by atoms with van der Waals surface area (Å²) in [5, 5.41) is 8.16. The van der Waals surface area contributed by atoms with Crippen molar-refractivity contribution in [3.05, 3.63) is 35.9 Å². The summed E-state index contributed by atoms with van der Waals surface area (Å²) in [6, 6.07) is 9.15. The van der Waals surface area contributed by atoms with Crippen LogP contribution in [0, 0.1) is 0 Å². The first kappa shape index (κ1) is 10.2. The van der Waals surface area contributed by atoms with E-state index in [0.717, 1.165) is 5.56 Å². The Kier molecular flexibility index (Phi) is 3.63. The molecule has 0 saturated carbocycles. The van der Waals surface area contributed by atoms with E-state index in [-0.39, 0.29) is 6.54 Å². The van der Waals surface area contributed by atoms with Crippen LogP contribution in [0.1, 0.15) is 5.56 Å². The van der Waals surface area contributed by atoms with E-state index in [4.69, 9.17) is 5.11 Å². The molecule has 0 fully saturated rings. The maximum atomic E-state index is 10.4. The van der Waals surface area contributed by atoms with E-state index in [1.807, 2.05) is 30.3 Å². The molecule has 0 amide bonds. The molecular weight excluding hydrogens is 186 g/mol. The van der Waals surface area contributed by atoms with Gasteiger partial charge in [-0.2, -0.15) is 0 Å². The number of hydrogen-bond donors (Lipinski definition) is 2. The Labute approximate surface area is 80.3 Å². The number of benzene rings is 1. The molecule has 0 aliphatic rings. The van der Waals surface area contributed by atoms with E-state index in [1.165, 1.54) is 0 Å². The highest BCUT2D eigenvalue weighted by atomic mass is 16.7. The predicted octanol–water partition coefficient (Wildman–Crippen LogP) is 0.319. The van der Waals surface area contributed by atoms with E-state index in [2.05, 4.69) is 10.3 Å². The third kappa shape index (κ3) is 3.24. The fourth-order valence-corrected chi connectivity index (χ4v) is 0.824. The predicted molar refractivity (Wildman–Crippen MR) is 47.0 cm³/mol. The first-order valence-electron chi connectivity index (χ1n) is 3.91. The van der Waals surface area contributed by atoms with Gasteiger partial charge in [-0.3, -0.25) is 0 Å². The van der Waals surface area contributed by atoms with Crippen molar-refractivity contribution in [3.8, 4) is 0 Å². The molecule has 0 unspecified atom stereocenters. The van der Waals surface area contributed by atoms with Crippen molar-refractivity contribution in [3.63, 3.8) is 0 Å². The molecule has 5 heteroatoms. The van der Waals surface area contributed by atoms with Crippen molar-refractivity contribution in [2.75, 3.05) is 0 Å². The SMILES string of the molecule is O=C(O)C(=O)ONCc1ccccc1.